The molecule has 2 heterocycles. The van der Waals surface area contributed by atoms with Crippen molar-refractivity contribution in [1.82, 2.24) is 10.3 Å². The molecule has 1 unspecified atom stereocenters. The Morgan fingerprint density at radius 2 is 2.24 bits per heavy atom. The number of hydrogen-bond donors (Lipinski definition) is 1. The normalized spacial score (nSPS) is 21.8. The van der Waals surface area contributed by atoms with Crippen LogP contribution in [0, 0.1) is 0 Å². The lowest BCUT2D eigenvalue weighted by Crippen LogP contribution is -2.34. The summed E-state index contributed by atoms with van der Waals surface area (Å²) in [6.07, 6.45) is -4.31. The largest absolute Gasteiger partial charge is 0.443 e. The number of alkyl halides is 3. The first-order valence-electron chi connectivity index (χ1n) is 5.40. The van der Waals surface area contributed by atoms with Crippen LogP contribution < -0.4 is 5.32 Å². The van der Waals surface area contributed by atoms with Gasteiger partial charge in [0.15, 0.2) is 5.69 Å². The maximum absolute atomic E-state index is 12.6. The summed E-state index contributed by atoms with van der Waals surface area (Å²) in [6.45, 7) is 3.01. The molecule has 1 aliphatic heterocycles. The van der Waals surface area contributed by atoms with Crippen LogP contribution >= 0.6 is 0 Å². The molecule has 1 aliphatic rings. The second-order valence-corrected chi connectivity index (χ2v) is 3.76. The second kappa shape index (κ2) is 4.66. The highest BCUT2D eigenvalue weighted by molar-refractivity contribution is 5.15. The van der Waals surface area contributed by atoms with Gasteiger partial charge in [-0.05, 0) is 0 Å². The first kappa shape index (κ1) is 12.4. The number of halogens is 3. The number of aromatic nitrogens is 1. The molecule has 17 heavy (non-hydrogen) atoms. The second-order valence-electron chi connectivity index (χ2n) is 3.76. The highest BCUT2D eigenvalue weighted by Crippen LogP contribution is 2.33. The van der Waals surface area contributed by atoms with E-state index in [0.29, 0.717) is 13.2 Å². The van der Waals surface area contributed by atoms with Gasteiger partial charge in [0.2, 0.25) is 5.89 Å². The third-order valence-electron chi connectivity index (χ3n) is 2.52. The third kappa shape index (κ3) is 2.61. The van der Waals surface area contributed by atoms with Crippen LogP contribution in [0.4, 0.5) is 13.2 Å². The van der Waals surface area contributed by atoms with Gasteiger partial charge < -0.3 is 14.5 Å². The molecule has 7 heteroatoms. The van der Waals surface area contributed by atoms with Crippen LogP contribution in [0.1, 0.15) is 30.3 Å². The van der Waals surface area contributed by atoms with Gasteiger partial charge in [-0.3, -0.25) is 0 Å². The fraction of sp³-hybridized carbons (Fsp3) is 0.700. The zero-order valence-corrected chi connectivity index (χ0v) is 9.30. The fourth-order valence-corrected chi connectivity index (χ4v) is 1.70. The summed E-state index contributed by atoms with van der Waals surface area (Å²) in [5, 5.41) is 3.00. The molecule has 1 fully saturated rings. The van der Waals surface area contributed by atoms with E-state index in [2.05, 4.69) is 10.3 Å². The van der Waals surface area contributed by atoms with Gasteiger partial charge in [-0.25, -0.2) is 4.98 Å². The van der Waals surface area contributed by atoms with Crippen molar-refractivity contribution in [2.45, 2.75) is 25.6 Å². The molecule has 0 aliphatic carbocycles. The summed E-state index contributed by atoms with van der Waals surface area (Å²) in [6, 6.07) is -0.398. The van der Waals surface area contributed by atoms with Crippen molar-refractivity contribution >= 4 is 0 Å². The third-order valence-corrected chi connectivity index (χ3v) is 2.52. The molecule has 0 radical (unpaired) electrons. The molecule has 1 atom stereocenters. The van der Waals surface area contributed by atoms with Crippen molar-refractivity contribution in [3.63, 3.8) is 0 Å². The predicted octanol–water partition coefficient (Wildman–Crippen LogP) is 1.92. The lowest BCUT2D eigenvalue weighted by molar-refractivity contribution is -0.142. The van der Waals surface area contributed by atoms with Crippen LogP contribution in [-0.4, -0.2) is 24.7 Å². The summed E-state index contributed by atoms with van der Waals surface area (Å²) in [4.78, 5) is 3.54. The number of aryl methyl sites for hydroxylation is 1. The van der Waals surface area contributed by atoms with Crippen molar-refractivity contribution in [2.75, 3.05) is 19.8 Å². The molecule has 0 aromatic carbocycles. The standard InChI is InChI=1S/C10H13F3N2O2/c1-2-7-8(10(11,12)13)15-9(17-7)6-5-16-4-3-14-6/h6,14H,2-5H2,1H3. The minimum absolute atomic E-state index is 0.0499. The van der Waals surface area contributed by atoms with Crippen LogP contribution in [0.5, 0.6) is 0 Å². The predicted molar refractivity (Wildman–Crippen MR) is 52.4 cm³/mol. The first-order chi connectivity index (χ1) is 8.02. The molecule has 0 bridgehead atoms. The van der Waals surface area contributed by atoms with E-state index in [-0.39, 0.29) is 24.7 Å². The van der Waals surface area contributed by atoms with E-state index in [1.54, 1.807) is 6.92 Å². The van der Waals surface area contributed by atoms with E-state index in [9.17, 15) is 13.2 Å². The maximum atomic E-state index is 12.6. The highest BCUT2D eigenvalue weighted by Gasteiger charge is 2.39. The Bertz CT molecular complexity index is 383. The lowest BCUT2D eigenvalue weighted by atomic mass is 10.3. The summed E-state index contributed by atoms with van der Waals surface area (Å²) in [5.41, 5.74) is -0.928. The SMILES string of the molecule is CCc1oc(C2COCCN2)nc1C(F)(F)F. The van der Waals surface area contributed by atoms with Crippen LogP contribution in [0.2, 0.25) is 0 Å². The van der Waals surface area contributed by atoms with Gasteiger partial charge in [0.25, 0.3) is 0 Å². The van der Waals surface area contributed by atoms with Crippen LogP contribution in [0.25, 0.3) is 0 Å². The monoisotopic (exact) mass is 250 g/mol. The smallest absolute Gasteiger partial charge is 0.436 e. The van der Waals surface area contributed by atoms with Crippen molar-refractivity contribution in [3.8, 4) is 0 Å². The summed E-state index contributed by atoms with van der Waals surface area (Å²) >= 11 is 0. The molecular formula is C10H13F3N2O2. The van der Waals surface area contributed by atoms with Gasteiger partial charge in [0, 0.05) is 13.0 Å². The number of nitrogens with one attached hydrogen (secondary N) is 1. The molecule has 2 rings (SSSR count). The molecule has 1 aromatic heterocycles. The lowest BCUT2D eigenvalue weighted by Gasteiger charge is -2.20. The quantitative estimate of drug-likeness (QED) is 0.871. The van der Waals surface area contributed by atoms with Gasteiger partial charge >= 0.3 is 6.18 Å². The van der Waals surface area contributed by atoms with Crippen molar-refractivity contribution in [1.29, 1.82) is 0 Å². The average Bonchev–Trinajstić information content (AvgIpc) is 2.74. The Kier molecular flexibility index (Phi) is 3.39. The fourth-order valence-electron chi connectivity index (χ4n) is 1.70. The maximum Gasteiger partial charge on any atom is 0.436 e. The molecule has 1 aromatic rings. The zero-order chi connectivity index (χ0) is 12.5. The molecule has 1 saturated heterocycles. The molecule has 0 spiro atoms. The van der Waals surface area contributed by atoms with E-state index in [1.165, 1.54) is 0 Å². The van der Waals surface area contributed by atoms with Crippen LogP contribution in [0.3, 0.4) is 0 Å². The summed E-state index contributed by atoms with van der Waals surface area (Å²) in [7, 11) is 0. The van der Waals surface area contributed by atoms with Gasteiger partial charge in [-0.15, -0.1) is 0 Å². The summed E-state index contributed by atoms with van der Waals surface area (Å²) in [5.74, 6) is -0.0752. The molecule has 0 amide bonds. The molecular weight excluding hydrogens is 237 g/mol. The van der Waals surface area contributed by atoms with Gasteiger partial charge in [-0.2, -0.15) is 13.2 Å². The molecule has 4 nitrogen and oxygen atoms in total. The number of hydrogen-bond acceptors (Lipinski definition) is 4. The molecule has 0 saturated carbocycles. The number of nitrogens with zero attached hydrogens (tertiary/aromatic N) is 1. The van der Waals surface area contributed by atoms with E-state index in [0.717, 1.165) is 0 Å². The zero-order valence-electron chi connectivity index (χ0n) is 9.30. The number of rotatable bonds is 2. The Balaban J connectivity index is 2.27. The number of ether oxygens (including phenoxy) is 1. The van der Waals surface area contributed by atoms with E-state index in [1.807, 2.05) is 0 Å². The number of oxazole rings is 1. The Hall–Kier alpha value is -1.08. The minimum atomic E-state index is -4.47. The van der Waals surface area contributed by atoms with Gasteiger partial charge in [-0.1, -0.05) is 6.92 Å². The Morgan fingerprint density at radius 3 is 2.71 bits per heavy atom. The van der Waals surface area contributed by atoms with Crippen molar-refractivity contribution in [3.05, 3.63) is 17.3 Å². The van der Waals surface area contributed by atoms with E-state index in [4.69, 9.17) is 9.15 Å². The van der Waals surface area contributed by atoms with E-state index < -0.39 is 17.9 Å². The van der Waals surface area contributed by atoms with Gasteiger partial charge in [0.05, 0.1) is 13.2 Å². The topological polar surface area (TPSA) is 47.3 Å². The first-order valence-corrected chi connectivity index (χ1v) is 5.40. The molecule has 1 N–H and O–H groups in total. The van der Waals surface area contributed by atoms with Crippen LogP contribution in [-0.2, 0) is 17.3 Å². The number of morpholine rings is 1. The van der Waals surface area contributed by atoms with Gasteiger partial charge in [0.1, 0.15) is 11.8 Å². The van der Waals surface area contributed by atoms with Crippen LogP contribution in [0.15, 0.2) is 4.42 Å². The van der Waals surface area contributed by atoms with E-state index >= 15 is 0 Å². The summed E-state index contributed by atoms with van der Waals surface area (Å²) < 4.78 is 48.2. The molecule has 96 valence electrons. The van der Waals surface area contributed by atoms with Crippen molar-refractivity contribution in [2.24, 2.45) is 0 Å². The average molecular weight is 250 g/mol. The minimum Gasteiger partial charge on any atom is -0.443 e. The Labute approximate surface area is 96.2 Å². The Morgan fingerprint density at radius 1 is 1.47 bits per heavy atom. The van der Waals surface area contributed by atoms with Crippen molar-refractivity contribution < 1.29 is 22.3 Å². The highest BCUT2D eigenvalue weighted by atomic mass is 19.4.